The number of rotatable bonds is 4. The predicted molar refractivity (Wildman–Crippen MR) is 70.7 cm³/mol. The molecule has 0 spiro atoms. The van der Waals surface area contributed by atoms with Gasteiger partial charge in [0.1, 0.15) is 11.9 Å². The summed E-state index contributed by atoms with van der Waals surface area (Å²) in [6.45, 7) is 2.77. The Balaban J connectivity index is 2.38. The minimum absolute atomic E-state index is 0.367. The fraction of sp³-hybridized carbons (Fsp3) is 0.308. The van der Waals surface area contributed by atoms with Crippen LogP contribution in [0.2, 0.25) is 0 Å². The Labute approximate surface area is 113 Å². The minimum atomic E-state index is -0.885. The fourth-order valence-corrected chi connectivity index (χ4v) is 2.32. The van der Waals surface area contributed by atoms with Gasteiger partial charge in [0.2, 0.25) is 0 Å². The van der Waals surface area contributed by atoms with E-state index in [1.165, 1.54) is 12.1 Å². The lowest BCUT2D eigenvalue weighted by molar-refractivity contribution is 0.206. The number of aliphatic hydroxyl groups is 1. The molecule has 0 aliphatic rings. The molecule has 96 valence electrons. The molecule has 1 N–H and O–H groups in total. The average molecular weight is 313 g/mol. The van der Waals surface area contributed by atoms with Crippen LogP contribution in [0.3, 0.4) is 0 Å². The molecule has 5 heteroatoms. The number of hydrogen-bond acceptors (Lipinski definition) is 2. The van der Waals surface area contributed by atoms with E-state index in [0.29, 0.717) is 15.7 Å². The lowest BCUT2D eigenvalue weighted by atomic mass is 10.1. The van der Waals surface area contributed by atoms with Crippen molar-refractivity contribution in [2.45, 2.75) is 26.0 Å². The van der Waals surface area contributed by atoms with Gasteiger partial charge in [-0.25, -0.2) is 4.39 Å². The van der Waals surface area contributed by atoms with Crippen LogP contribution in [0.1, 0.15) is 30.7 Å². The number of halogens is 2. The molecule has 0 bridgehead atoms. The van der Waals surface area contributed by atoms with Gasteiger partial charge in [-0.3, -0.25) is 4.68 Å². The first kappa shape index (κ1) is 13.2. The van der Waals surface area contributed by atoms with Crippen LogP contribution in [0, 0.1) is 5.82 Å². The van der Waals surface area contributed by atoms with Gasteiger partial charge >= 0.3 is 0 Å². The Morgan fingerprint density at radius 3 is 2.94 bits per heavy atom. The van der Waals surface area contributed by atoms with E-state index in [1.807, 2.05) is 6.92 Å². The summed E-state index contributed by atoms with van der Waals surface area (Å²) >= 11 is 3.32. The zero-order chi connectivity index (χ0) is 13.1. The molecule has 3 nitrogen and oxygen atoms in total. The zero-order valence-corrected chi connectivity index (χ0v) is 11.6. The first-order chi connectivity index (χ1) is 8.63. The quantitative estimate of drug-likeness (QED) is 0.941. The zero-order valence-electron chi connectivity index (χ0n) is 9.98. The second-order valence-corrected chi connectivity index (χ2v) is 4.90. The standard InChI is InChI=1S/C13H14BrFN2O/c1-2-7-17-12(5-6-16-17)13(18)10-8-9(15)3-4-11(10)14/h3-6,8,13,18H,2,7H2,1H3. The summed E-state index contributed by atoms with van der Waals surface area (Å²) in [5, 5.41) is 14.5. The third-order valence-corrected chi connectivity index (χ3v) is 3.44. The highest BCUT2D eigenvalue weighted by Gasteiger charge is 2.18. The van der Waals surface area contributed by atoms with Crippen LogP contribution in [0.15, 0.2) is 34.9 Å². The molecule has 2 rings (SSSR count). The first-order valence-corrected chi connectivity index (χ1v) is 6.57. The molecule has 1 atom stereocenters. The lowest BCUT2D eigenvalue weighted by Crippen LogP contribution is -2.10. The topological polar surface area (TPSA) is 38.0 Å². The predicted octanol–water partition coefficient (Wildman–Crippen LogP) is 3.28. The minimum Gasteiger partial charge on any atom is -0.382 e. The summed E-state index contributed by atoms with van der Waals surface area (Å²) in [6.07, 6.45) is 1.68. The second-order valence-electron chi connectivity index (χ2n) is 4.05. The van der Waals surface area contributed by atoms with E-state index in [4.69, 9.17) is 0 Å². The maximum atomic E-state index is 13.2. The molecule has 0 aliphatic heterocycles. The molecule has 2 aromatic rings. The molecule has 0 saturated heterocycles. The van der Waals surface area contributed by atoms with Crippen LogP contribution < -0.4 is 0 Å². The van der Waals surface area contributed by atoms with Crippen molar-refractivity contribution in [3.8, 4) is 0 Å². The Hall–Kier alpha value is -1.20. The average Bonchev–Trinajstić information content (AvgIpc) is 2.80. The van der Waals surface area contributed by atoms with Crippen molar-refractivity contribution in [3.05, 3.63) is 52.0 Å². The van der Waals surface area contributed by atoms with Crippen molar-refractivity contribution < 1.29 is 9.50 Å². The van der Waals surface area contributed by atoms with E-state index in [1.54, 1.807) is 23.0 Å². The van der Waals surface area contributed by atoms with Crippen LogP contribution in [-0.2, 0) is 6.54 Å². The highest BCUT2D eigenvalue weighted by molar-refractivity contribution is 9.10. The third-order valence-electron chi connectivity index (χ3n) is 2.72. The molecule has 18 heavy (non-hydrogen) atoms. The molecular formula is C13H14BrFN2O. The SMILES string of the molecule is CCCn1nccc1C(O)c1cc(F)ccc1Br. The maximum absolute atomic E-state index is 13.2. The largest absolute Gasteiger partial charge is 0.382 e. The molecule has 1 aromatic heterocycles. The van der Waals surface area contributed by atoms with E-state index < -0.39 is 6.10 Å². The van der Waals surface area contributed by atoms with Crippen LogP contribution in [0.4, 0.5) is 4.39 Å². The normalized spacial score (nSPS) is 12.7. The number of benzene rings is 1. The van der Waals surface area contributed by atoms with Crippen molar-refractivity contribution >= 4 is 15.9 Å². The Morgan fingerprint density at radius 2 is 2.22 bits per heavy atom. The van der Waals surface area contributed by atoms with Gasteiger partial charge in [0.05, 0.1) is 5.69 Å². The van der Waals surface area contributed by atoms with Crippen molar-refractivity contribution in [1.29, 1.82) is 0 Å². The van der Waals surface area contributed by atoms with Crippen LogP contribution in [0.5, 0.6) is 0 Å². The number of aryl methyl sites for hydroxylation is 1. The van der Waals surface area contributed by atoms with Crippen LogP contribution in [0.25, 0.3) is 0 Å². The number of nitrogens with zero attached hydrogens (tertiary/aromatic N) is 2. The summed E-state index contributed by atoms with van der Waals surface area (Å²) in [6, 6.07) is 6.02. The number of aromatic nitrogens is 2. The summed E-state index contributed by atoms with van der Waals surface area (Å²) in [5.41, 5.74) is 1.18. The molecule has 0 radical (unpaired) electrons. The molecule has 0 aliphatic carbocycles. The van der Waals surface area contributed by atoms with Gasteiger partial charge in [-0.15, -0.1) is 0 Å². The van der Waals surface area contributed by atoms with Gasteiger partial charge in [-0.2, -0.15) is 5.10 Å². The molecule has 0 saturated carbocycles. The van der Waals surface area contributed by atoms with Crippen LogP contribution >= 0.6 is 15.9 Å². The Morgan fingerprint density at radius 1 is 1.44 bits per heavy atom. The van der Waals surface area contributed by atoms with Crippen molar-refractivity contribution in [2.24, 2.45) is 0 Å². The van der Waals surface area contributed by atoms with E-state index >= 15 is 0 Å². The van der Waals surface area contributed by atoms with Gasteiger partial charge in [0.15, 0.2) is 0 Å². The molecule has 0 fully saturated rings. The van der Waals surface area contributed by atoms with E-state index in [2.05, 4.69) is 21.0 Å². The maximum Gasteiger partial charge on any atom is 0.123 e. The van der Waals surface area contributed by atoms with Crippen molar-refractivity contribution in [1.82, 2.24) is 9.78 Å². The molecule has 1 unspecified atom stereocenters. The first-order valence-electron chi connectivity index (χ1n) is 5.78. The van der Waals surface area contributed by atoms with E-state index in [9.17, 15) is 9.50 Å². The summed E-state index contributed by atoms with van der Waals surface area (Å²) in [7, 11) is 0. The van der Waals surface area contributed by atoms with Gasteiger partial charge in [-0.05, 0) is 30.7 Å². The number of aliphatic hydroxyl groups excluding tert-OH is 1. The second kappa shape index (κ2) is 5.63. The smallest absolute Gasteiger partial charge is 0.123 e. The summed E-state index contributed by atoms with van der Waals surface area (Å²) in [4.78, 5) is 0. The number of hydrogen-bond donors (Lipinski definition) is 1. The Kier molecular flexibility index (Phi) is 4.14. The summed E-state index contributed by atoms with van der Waals surface area (Å²) in [5.74, 6) is -0.367. The van der Waals surface area contributed by atoms with Crippen molar-refractivity contribution in [2.75, 3.05) is 0 Å². The van der Waals surface area contributed by atoms with Crippen LogP contribution in [-0.4, -0.2) is 14.9 Å². The fourth-order valence-electron chi connectivity index (χ4n) is 1.86. The van der Waals surface area contributed by atoms with Gasteiger partial charge in [-0.1, -0.05) is 22.9 Å². The third kappa shape index (κ3) is 2.62. The molecule has 0 amide bonds. The van der Waals surface area contributed by atoms with Gasteiger partial charge in [0, 0.05) is 22.8 Å². The Bertz CT molecular complexity index is 542. The summed E-state index contributed by atoms with van der Waals surface area (Å²) < 4.78 is 15.7. The van der Waals surface area contributed by atoms with Crippen molar-refractivity contribution in [3.63, 3.8) is 0 Å². The monoisotopic (exact) mass is 312 g/mol. The molecular weight excluding hydrogens is 299 g/mol. The van der Waals surface area contributed by atoms with Gasteiger partial charge < -0.3 is 5.11 Å². The molecule has 1 aromatic carbocycles. The highest BCUT2D eigenvalue weighted by atomic mass is 79.9. The lowest BCUT2D eigenvalue weighted by Gasteiger charge is -2.15. The highest BCUT2D eigenvalue weighted by Crippen LogP contribution is 2.29. The van der Waals surface area contributed by atoms with Gasteiger partial charge in [0.25, 0.3) is 0 Å². The van der Waals surface area contributed by atoms with E-state index in [0.717, 1.165) is 13.0 Å². The molecule has 1 heterocycles. The van der Waals surface area contributed by atoms with E-state index in [-0.39, 0.29) is 5.82 Å².